The fraction of sp³-hybridized carbons (Fsp3) is 1.00. The molecule has 0 heterocycles. The van der Waals surface area contributed by atoms with Gasteiger partial charge in [-0.2, -0.15) is 0 Å². The predicted molar refractivity (Wildman–Crippen MR) is 92.8 cm³/mol. The summed E-state index contributed by atoms with van der Waals surface area (Å²) in [6, 6.07) is 2.94. The molecule has 0 unspecified atom stereocenters. The lowest BCUT2D eigenvalue weighted by Gasteiger charge is -2.11. The summed E-state index contributed by atoms with van der Waals surface area (Å²) in [6.45, 7) is 4.57. The van der Waals surface area contributed by atoms with Crippen molar-refractivity contribution in [1.29, 1.82) is 0 Å². The highest BCUT2D eigenvalue weighted by Crippen LogP contribution is 2.15. The Morgan fingerprint density at radius 1 is 0.579 bits per heavy atom. The Hall–Kier alpha value is 0.507. The van der Waals surface area contributed by atoms with Crippen LogP contribution in [-0.4, -0.2) is 14.3 Å². The molecule has 0 aliphatic heterocycles. The molecule has 0 saturated heterocycles. The fourth-order valence-corrected chi connectivity index (χ4v) is 5.39. The van der Waals surface area contributed by atoms with E-state index in [-0.39, 0.29) is 8.80 Å². The molecule has 115 valence electrons. The first-order valence-corrected chi connectivity index (χ1v) is 11.4. The number of hydrogen-bond acceptors (Lipinski definition) is 0. The summed E-state index contributed by atoms with van der Waals surface area (Å²) in [4.78, 5) is 0. The van der Waals surface area contributed by atoms with E-state index in [1.807, 2.05) is 0 Å². The van der Waals surface area contributed by atoms with Crippen LogP contribution >= 0.6 is 11.6 Å². The molecule has 0 saturated carbocycles. The number of rotatable bonds is 15. The molecule has 0 fully saturated rings. The number of unbranched alkanes of at least 4 members (excludes halogenated alkanes) is 10. The summed E-state index contributed by atoms with van der Waals surface area (Å²) in [5.41, 5.74) is 0.981. The first-order chi connectivity index (χ1) is 9.35. The topological polar surface area (TPSA) is 0 Å². The molecule has 0 N–H and O–H groups in total. The zero-order chi connectivity index (χ0) is 14.2. The minimum Gasteiger partial charge on any atom is -0.130 e. The van der Waals surface area contributed by atoms with E-state index in [0.717, 1.165) is 5.50 Å². The van der Waals surface area contributed by atoms with Gasteiger partial charge in [0.05, 0.1) is 8.80 Å². The molecule has 0 bridgehead atoms. The molecule has 0 nitrogen and oxygen atoms in total. The number of hydrogen-bond donors (Lipinski definition) is 0. The van der Waals surface area contributed by atoms with Gasteiger partial charge in [0.1, 0.15) is 0 Å². The van der Waals surface area contributed by atoms with Crippen LogP contribution in [0.2, 0.25) is 12.1 Å². The Morgan fingerprint density at radius 3 is 1.32 bits per heavy atom. The van der Waals surface area contributed by atoms with Crippen molar-refractivity contribution in [3.05, 3.63) is 0 Å². The van der Waals surface area contributed by atoms with Crippen LogP contribution in [0.5, 0.6) is 0 Å². The van der Waals surface area contributed by atoms with Crippen LogP contribution in [-0.2, 0) is 0 Å². The molecular formula is C17H36ClSi. The maximum absolute atomic E-state index is 6.14. The van der Waals surface area contributed by atoms with Crippen molar-refractivity contribution in [3.8, 4) is 0 Å². The van der Waals surface area contributed by atoms with Crippen LogP contribution < -0.4 is 0 Å². The maximum atomic E-state index is 6.14. The molecule has 0 aliphatic carbocycles. The fourth-order valence-electron chi connectivity index (χ4n) is 2.57. The van der Waals surface area contributed by atoms with Gasteiger partial charge < -0.3 is 0 Å². The van der Waals surface area contributed by atoms with Crippen molar-refractivity contribution in [2.75, 3.05) is 5.50 Å². The van der Waals surface area contributed by atoms with Gasteiger partial charge in [-0.25, -0.2) is 0 Å². The average molecular weight is 304 g/mol. The largest absolute Gasteiger partial charge is 0.130 e. The Labute approximate surface area is 129 Å². The monoisotopic (exact) mass is 303 g/mol. The van der Waals surface area contributed by atoms with Crippen LogP contribution in [0.4, 0.5) is 0 Å². The summed E-state index contributed by atoms with van der Waals surface area (Å²) in [5.74, 6) is 0. The van der Waals surface area contributed by atoms with Gasteiger partial charge in [-0.05, 0) is 0 Å². The summed E-state index contributed by atoms with van der Waals surface area (Å²) in [6.07, 6.45) is 17.1. The van der Waals surface area contributed by atoms with Crippen molar-refractivity contribution < 1.29 is 0 Å². The molecule has 19 heavy (non-hydrogen) atoms. The van der Waals surface area contributed by atoms with Crippen molar-refractivity contribution in [2.24, 2.45) is 0 Å². The molecule has 0 rings (SSSR count). The van der Waals surface area contributed by atoms with E-state index >= 15 is 0 Å². The van der Waals surface area contributed by atoms with Gasteiger partial charge in [-0.3, -0.25) is 0 Å². The minimum atomic E-state index is -0.204. The summed E-state index contributed by atoms with van der Waals surface area (Å²) in [7, 11) is -0.204. The predicted octanol–water partition coefficient (Wildman–Crippen LogP) is 6.98. The number of halogens is 1. The summed E-state index contributed by atoms with van der Waals surface area (Å²) < 4.78 is 0. The third-order valence-corrected chi connectivity index (χ3v) is 7.59. The first-order valence-electron chi connectivity index (χ1n) is 8.74. The molecule has 0 aromatic carbocycles. The van der Waals surface area contributed by atoms with E-state index in [4.69, 9.17) is 11.6 Å². The van der Waals surface area contributed by atoms with Crippen LogP contribution in [0.3, 0.4) is 0 Å². The smallest absolute Gasteiger partial charge is 0.0659 e. The van der Waals surface area contributed by atoms with E-state index in [0.29, 0.717) is 0 Å². The molecule has 2 heteroatoms. The average Bonchev–Trinajstić information content (AvgIpc) is 2.44. The second kappa shape index (κ2) is 16.6. The zero-order valence-electron chi connectivity index (χ0n) is 13.5. The Bertz CT molecular complexity index is 145. The van der Waals surface area contributed by atoms with Crippen molar-refractivity contribution in [1.82, 2.24) is 0 Å². The second-order valence-corrected chi connectivity index (χ2v) is 9.49. The van der Waals surface area contributed by atoms with E-state index in [1.165, 1.54) is 89.1 Å². The molecule has 0 aromatic rings. The van der Waals surface area contributed by atoms with Gasteiger partial charge in [-0.15, -0.1) is 11.6 Å². The van der Waals surface area contributed by atoms with Crippen molar-refractivity contribution in [3.63, 3.8) is 0 Å². The molecule has 0 amide bonds. The molecule has 0 aromatic heterocycles. The second-order valence-electron chi connectivity index (χ2n) is 5.92. The Morgan fingerprint density at radius 2 is 0.947 bits per heavy atom. The van der Waals surface area contributed by atoms with Gasteiger partial charge in [0.25, 0.3) is 0 Å². The van der Waals surface area contributed by atoms with Crippen molar-refractivity contribution >= 4 is 20.4 Å². The maximum Gasteiger partial charge on any atom is 0.0659 e. The lowest BCUT2D eigenvalue weighted by Crippen LogP contribution is -2.14. The molecule has 1 radical (unpaired) electrons. The quantitative estimate of drug-likeness (QED) is 0.174. The zero-order valence-corrected chi connectivity index (χ0v) is 15.2. The highest BCUT2D eigenvalue weighted by Gasteiger charge is 2.08. The van der Waals surface area contributed by atoms with Gasteiger partial charge in [0.2, 0.25) is 0 Å². The third kappa shape index (κ3) is 14.7. The van der Waals surface area contributed by atoms with Crippen LogP contribution in [0.15, 0.2) is 0 Å². The van der Waals surface area contributed by atoms with E-state index < -0.39 is 0 Å². The highest BCUT2D eigenvalue weighted by molar-refractivity contribution is 6.67. The van der Waals surface area contributed by atoms with Crippen LogP contribution in [0.1, 0.15) is 90.9 Å². The summed E-state index contributed by atoms with van der Waals surface area (Å²) >= 11 is 6.14. The van der Waals surface area contributed by atoms with Gasteiger partial charge >= 0.3 is 0 Å². The third-order valence-electron chi connectivity index (χ3n) is 3.96. The molecular weight excluding hydrogens is 268 g/mol. The van der Waals surface area contributed by atoms with Crippen LogP contribution in [0.25, 0.3) is 0 Å². The van der Waals surface area contributed by atoms with Gasteiger partial charge in [0.15, 0.2) is 0 Å². The minimum absolute atomic E-state index is 0.204. The van der Waals surface area contributed by atoms with E-state index in [9.17, 15) is 0 Å². The lowest BCUT2D eigenvalue weighted by molar-refractivity contribution is 0.617. The molecule has 0 spiro atoms. The van der Waals surface area contributed by atoms with E-state index in [2.05, 4.69) is 13.8 Å². The lowest BCUT2D eigenvalue weighted by atomic mass is 10.1. The van der Waals surface area contributed by atoms with Crippen molar-refractivity contribution in [2.45, 2.75) is 103 Å². The standard InChI is InChI=1S/C17H36ClSi/c1-3-5-7-9-11-13-15-19(17-18)16-14-12-10-8-6-4-2/h3-17H2,1-2H3. The molecule has 0 aliphatic rings. The SMILES string of the molecule is CCCCCCCC[Si](CCl)CCCCCCCC. The number of alkyl halides is 1. The van der Waals surface area contributed by atoms with Crippen LogP contribution in [0, 0.1) is 0 Å². The van der Waals surface area contributed by atoms with Gasteiger partial charge in [-0.1, -0.05) is 103 Å². The molecule has 0 atom stereocenters. The first kappa shape index (κ1) is 19.5. The summed E-state index contributed by atoms with van der Waals surface area (Å²) in [5, 5.41) is 0. The normalized spacial score (nSPS) is 11.4. The van der Waals surface area contributed by atoms with E-state index in [1.54, 1.807) is 0 Å². The Kier molecular flexibility index (Phi) is 17.0. The Balaban J connectivity index is 3.30. The van der Waals surface area contributed by atoms with Gasteiger partial charge in [0, 0.05) is 5.50 Å². The highest BCUT2D eigenvalue weighted by atomic mass is 35.5.